The largest absolute Gasteiger partial charge is 0.396 e. The van der Waals surface area contributed by atoms with Crippen LogP contribution in [0.4, 0.5) is 0 Å². The van der Waals surface area contributed by atoms with Gasteiger partial charge in [0.2, 0.25) is 0 Å². The maximum atomic E-state index is 9.86. The molecule has 1 aliphatic carbocycles. The zero-order chi connectivity index (χ0) is 14.4. The van der Waals surface area contributed by atoms with Crippen molar-refractivity contribution in [1.29, 1.82) is 0 Å². The van der Waals surface area contributed by atoms with E-state index in [9.17, 15) is 5.11 Å². The van der Waals surface area contributed by atoms with Gasteiger partial charge in [-0.3, -0.25) is 0 Å². The molecule has 0 aliphatic heterocycles. The summed E-state index contributed by atoms with van der Waals surface area (Å²) in [5.74, 6) is 1.65. The first kappa shape index (κ1) is 15.5. The van der Waals surface area contributed by atoms with Crippen LogP contribution in [-0.2, 0) is 0 Å². The molecule has 1 aliphatic rings. The number of hydrogen-bond donors (Lipinski definition) is 2. The molecular weight excluding hydrogens is 248 g/mol. The molecule has 1 atom stereocenters. The van der Waals surface area contributed by atoms with Crippen molar-refractivity contribution >= 4 is 0 Å². The van der Waals surface area contributed by atoms with Gasteiger partial charge in [-0.2, -0.15) is 0 Å². The van der Waals surface area contributed by atoms with Gasteiger partial charge < -0.3 is 10.2 Å². The first-order chi connectivity index (χ1) is 9.74. The van der Waals surface area contributed by atoms with E-state index in [4.69, 9.17) is 5.11 Å². The SMILES string of the molecule is CCCC1CCC(c2ccc(C(O)CCO)cc2)CC1. The summed E-state index contributed by atoms with van der Waals surface area (Å²) in [7, 11) is 0. The van der Waals surface area contributed by atoms with Crippen LogP contribution in [0.15, 0.2) is 24.3 Å². The van der Waals surface area contributed by atoms with Crippen molar-refractivity contribution in [1.82, 2.24) is 0 Å². The second kappa shape index (κ2) is 7.80. The molecule has 1 unspecified atom stereocenters. The van der Waals surface area contributed by atoms with Gasteiger partial charge in [-0.15, -0.1) is 0 Å². The van der Waals surface area contributed by atoms with Gasteiger partial charge >= 0.3 is 0 Å². The fourth-order valence-corrected chi connectivity index (χ4v) is 3.47. The molecule has 0 aromatic heterocycles. The minimum atomic E-state index is -0.533. The highest BCUT2D eigenvalue weighted by molar-refractivity contribution is 5.27. The standard InChI is InChI=1S/C18H28O2/c1-2-3-14-4-6-15(7-5-14)16-8-10-17(11-9-16)18(20)12-13-19/h8-11,14-15,18-20H,2-7,12-13H2,1H3. The molecule has 0 radical (unpaired) electrons. The third-order valence-corrected chi connectivity index (χ3v) is 4.74. The van der Waals surface area contributed by atoms with E-state index in [0.717, 1.165) is 11.5 Å². The molecule has 0 heterocycles. The van der Waals surface area contributed by atoms with Crippen LogP contribution < -0.4 is 0 Å². The minimum absolute atomic E-state index is 0.0321. The van der Waals surface area contributed by atoms with Gasteiger partial charge in [-0.05, 0) is 48.6 Å². The third-order valence-electron chi connectivity index (χ3n) is 4.74. The number of aliphatic hydroxyl groups excluding tert-OH is 2. The van der Waals surface area contributed by atoms with E-state index in [1.807, 2.05) is 12.1 Å². The highest BCUT2D eigenvalue weighted by Gasteiger charge is 2.21. The van der Waals surface area contributed by atoms with E-state index in [2.05, 4.69) is 19.1 Å². The molecule has 1 aromatic rings. The summed E-state index contributed by atoms with van der Waals surface area (Å²) in [4.78, 5) is 0. The van der Waals surface area contributed by atoms with E-state index in [1.165, 1.54) is 44.1 Å². The average Bonchev–Trinajstić information content (AvgIpc) is 2.49. The molecule has 0 amide bonds. The van der Waals surface area contributed by atoms with Gasteiger partial charge in [0.15, 0.2) is 0 Å². The lowest BCUT2D eigenvalue weighted by Gasteiger charge is -2.28. The molecule has 2 heteroatoms. The Balaban J connectivity index is 1.91. The molecule has 2 nitrogen and oxygen atoms in total. The van der Waals surface area contributed by atoms with Crippen LogP contribution >= 0.6 is 0 Å². The molecule has 1 fully saturated rings. The van der Waals surface area contributed by atoms with Crippen molar-refractivity contribution in [3.05, 3.63) is 35.4 Å². The van der Waals surface area contributed by atoms with Crippen LogP contribution in [0.2, 0.25) is 0 Å². The summed E-state index contributed by atoms with van der Waals surface area (Å²) < 4.78 is 0. The van der Waals surface area contributed by atoms with Crippen LogP contribution in [0.1, 0.15) is 75.0 Å². The van der Waals surface area contributed by atoms with Crippen molar-refractivity contribution in [2.45, 2.75) is 63.9 Å². The lowest BCUT2D eigenvalue weighted by atomic mass is 9.77. The number of hydrogen-bond acceptors (Lipinski definition) is 2. The Morgan fingerprint density at radius 3 is 2.30 bits per heavy atom. The topological polar surface area (TPSA) is 40.5 Å². The Morgan fingerprint density at radius 1 is 1.10 bits per heavy atom. The van der Waals surface area contributed by atoms with E-state index in [1.54, 1.807) is 0 Å². The lowest BCUT2D eigenvalue weighted by molar-refractivity contribution is 0.134. The van der Waals surface area contributed by atoms with Crippen LogP contribution in [-0.4, -0.2) is 16.8 Å². The fraction of sp³-hybridized carbons (Fsp3) is 0.667. The Morgan fingerprint density at radius 2 is 1.75 bits per heavy atom. The van der Waals surface area contributed by atoms with Gasteiger partial charge in [0, 0.05) is 13.0 Å². The average molecular weight is 276 g/mol. The van der Waals surface area contributed by atoms with E-state index in [0.29, 0.717) is 12.3 Å². The van der Waals surface area contributed by atoms with E-state index < -0.39 is 6.10 Å². The zero-order valence-electron chi connectivity index (χ0n) is 12.6. The molecule has 20 heavy (non-hydrogen) atoms. The number of aliphatic hydroxyl groups is 2. The smallest absolute Gasteiger partial charge is 0.0811 e. The summed E-state index contributed by atoms with van der Waals surface area (Å²) in [6, 6.07) is 8.38. The van der Waals surface area contributed by atoms with Crippen LogP contribution in [0.3, 0.4) is 0 Å². The number of rotatable bonds is 6. The predicted molar refractivity (Wildman–Crippen MR) is 82.7 cm³/mol. The van der Waals surface area contributed by atoms with Gasteiger partial charge in [0.1, 0.15) is 0 Å². The highest BCUT2D eigenvalue weighted by Crippen LogP contribution is 2.37. The Hall–Kier alpha value is -0.860. The molecule has 0 saturated heterocycles. The van der Waals surface area contributed by atoms with Crippen molar-refractivity contribution < 1.29 is 10.2 Å². The molecule has 2 rings (SSSR count). The molecule has 0 spiro atoms. The molecular formula is C18H28O2. The van der Waals surface area contributed by atoms with Gasteiger partial charge in [0.05, 0.1) is 6.10 Å². The maximum Gasteiger partial charge on any atom is 0.0811 e. The summed E-state index contributed by atoms with van der Waals surface area (Å²) in [5, 5.41) is 18.7. The molecule has 112 valence electrons. The summed E-state index contributed by atoms with van der Waals surface area (Å²) in [6.07, 6.45) is 7.94. The van der Waals surface area contributed by atoms with Gasteiger partial charge in [-0.1, -0.05) is 44.0 Å². The van der Waals surface area contributed by atoms with Crippen molar-refractivity contribution in [3.8, 4) is 0 Å². The molecule has 2 N–H and O–H groups in total. The van der Waals surface area contributed by atoms with Crippen molar-refractivity contribution in [3.63, 3.8) is 0 Å². The van der Waals surface area contributed by atoms with Crippen molar-refractivity contribution in [2.24, 2.45) is 5.92 Å². The van der Waals surface area contributed by atoms with E-state index in [-0.39, 0.29) is 6.61 Å². The summed E-state index contributed by atoms with van der Waals surface area (Å²) >= 11 is 0. The first-order valence-corrected chi connectivity index (χ1v) is 8.13. The molecule has 1 aromatic carbocycles. The van der Waals surface area contributed by atoms with Crippen molar-refractivity contribution in [2.75, 3.05) is 6.61 Å². The van der Waals surface area contributed by atoms with Gasteiger partial charge in [0.25, 0.3) is 0 Å². The Labute approximate surface area is 122 Å². The lowest BCUT2D eigenvalue weighted by Crippen LogP contribution is -2.13. The minimum Gasteiger partial charge on any atom is -0.396 e. The van der Waals surface area contributed by atoms with Crippen LogP contribution in [0, 0.1) is 5.92 Å². The Kier molecular flexibility index (Phi) is 6.06. The first-order valence-electron chi connectivity index (χ1n) is 8.13. The summed E-state index contributed by atoms with van der Waals surface area (Å²) in [6.45, 7) is 2.31. The quantitative estimate of drug-likeness (QED) is 0.818. The maximum absolute atomic E-state index is 9.86. The monoisotopic (exact) mass is 276 g/mol. The highest BCUT2D eigenvalue weighted by atomic mass is 16.3. The van der Waals surface area contributed by atoms with Crippen LogP contribution in [0.25, 0.3) is 0 Å². The van der Waals surface area contributed by atoms with Gasteiger partial charge in [-0.25, -0.2) is 0 Å². The Bertz CT molecular complexity index is 377. The molecule has 1 saturated carbocycles. The fourth-order valence-electron chi connectivity index (χ4n) is 3.47. The summed E-state index contributed by atoms with van der Waals surface area (Å²) in [5.41, 5.74) is 2.34. The second-order valence-electron chi connectivity index (χ2n) is 6.20. The van der Waals surface area contributed by atoms with Crippen LogP contribution in [0.5, 0.6) is 0 Å². The number of benzene rings is 1. The molecule has 0 bridgehead atoms. The zero-order valence-corrected chi connectivity index (χ0v) is 12.6. The second-order valence-corrected chi connectivity index (χ2v) is 6.20. The van der Waals surface area contributed by atoms with E-state index >= 15 is 0 Å². The normalized spacial score (nSPS) is 24.6. The third kappa shape index (κ3) is 4.07. The predicted octanol–water partition coefficient (Wildman–Crippen LogP) is 4.18.